The van der Waals surface area contributed by atoms with E-state index in [1.54, 1.807) is 0 Å². The average Bonchev–Trinajstić information content (AvgIpc) is 2.74. The van der Waals surface area contributed by atoms with E-state index in [0.29, 0.717) is 0 Å². The van der Waals surface area contributed by atoms with Crippen LogP contribution in [0.5, 0.6) is 0 Å². The second-order valence-corrected chi connectivity index (χ2v) is 6.97. The van der Waals surface area contributed by atoms with Gasteiger partial charge in [-0.2, -0.15) is 0 Å². The van der Waals surface area contributed by atoms with E-state index in [1.165, 1.54) is 30.4 Å². The zero-order valence-electron chi connectivity index (χ0n) is 10.9. The molecule has 0 amide bonds. The molecule has 0 spiro atoms. The lowest BCUT2D eigenvalue weighted by Crippen LogP contribution is -2.25. The van der Waals surface area contributed by atoms with Gasteiger partial charge in [-0.15, -0.1) is 23.5 Å². The number of rotatable bonds is 3. The van der Waals surface area contributed by atoms with E-state index in [9.17, 15) is 0 Å². The van der Waals surface area contributed by atoms with Gasteiger partial charge in [-0.05, 0) is 45.6 Å². The van der Waals surface area contributed by atoms with Crippen LogP contribution in [0.2, 0.25) is 0 Å². The lowest BCUT2D eigenvalue weighted by molar-refractivity contribution is 0.402. The van der Waals surface area contributed by atoms with Crippen LogP contribution in [0, 0.1) is 6.92 Å². The van der Waals surface area contributed by atoms with Gasteiger partial charge in [-0.25, -0.2) is 0 Å². The molecule has 0 fully saturated rings. The van der Waals surface area contributed by atoms with Gasteiger partial charge in [0.05, 0.1) is 9.77 Å². The van der Waals surface area contributed by atoms with Gasteiger partial charge in [0.15, 0.2) is 5.76 Å². The Kier molecular flexibility index (Phi) is 3.93. The summed E-state index contributed by atoms with van der Waals surface area (Å²) in [5.41, 5.74) is 3.78. The Morgan fingerprint density at radius 1 is 1.29 bits per heavy atom. The summed E-state index contributed by atoms with van der Waals surface area (Å²) < 4.78 is 5.65. The van der Waals surface area contributed by atoms with Crippen molar-refractivity contribution in [1.82, 2.24) is 5.16 Å². The number of hydrogen-bond acceptors (Lipinski definition) is 4. The van der Waals surface area contributed by atoms with Crippen LogP contribution in [-0.2, 0) is 0 Å². The first kappa shape index (κ1) is 13.1. The molecule has 1 heterocycles. The number of hydrogen-bond donors (Lipinski definition) is 0. The minimum absolute atomic E-state index is 0.147. The molecule has 1 aliphatic carbocycles. The van der Waals surface area contributed by atoms with Gasteiger partial charge < -0.3 is 4.52 Å². The van der Waals surface area contributed by atoms with E-state index < -0.39 is 0 Å². The smallest absolute Gasteiger partial charge is 0.165 e. The third-order valence-corrected chi connectivity index (χ3v) is 6.53. The molecule has 0 saturated heterocycles. The molecule has 0 saturated carbocycles. The van der Waals surface area contributed by atoms with Crippen LogP contribution in [0.1, 0.15) is 37.6 Å². The standard InChI is InChI=1S/C13H19NOS2/c1-9-6-5-7-13(16-3,17-4)12(9)11-8-10(2)14-15-11/h8H,5-7H2,1-4H3. The normalized spacial score (nSPS) is 19.8. The van der Waals surface area contributed by atoms with Crippen molar-refractivity contribution in [3.8, 4) is 0 Å². The molecule has 2 nitrogen and oxygen atoms in total. The molecular weight excluding hydrogens is 250 g/mol. The van der Waals surface area contributed by atoms with E-state index in [-0.39, 0.29) is 4.08 Å². The fourth-order valence-corrected chi connectivity index (χ4v) is 4.85. The summed E-state index contributed by atoms with van der Waals surface area (Å²) in [5.74, 6) is 0.961. The molecule has 0 aromatic carbocycles. The third kappa shape index (κ3) is 2.29. The van der Waals surface area contributed by atoms with Gasteiger partial charge in [0.1, 0.15) is 0 Å². The first-order valence-electron chi connectivity index (χ1n) is 5.87. The largest absolute Gasteiger partial charge is 0.356 e. The van der Waals surface area contributed by atoms with Gasteiger partial charge >= 0.3 is 0 Å². The Bertz CT molecular complexity index is 432. The summed E-state index contributed by atoms with van der Waals surface area (Å²) in [5, 5.41) is 4.03. The van der Waals surface area contributed by atoms with Crippen LogP contribution in [0.3, 0.4) is 0 Å². The summed E-state index contributed by atoms with van der Waals surface area (Å²) in [6.07, 6.45) is 8.04. The van der Waals surface area contributed by atoms with Crippen LogP contribution >= 0.6 is 23.5 Å². The lowest BCUT2D eigenvalue weighted by Gasteiger charge is -2.36. The summed E-state index contributed by atoms with van der Waals surface area (Å²) in [7, 11) is 0. The Labute approximate surface area is 112 Å². The fourth-order valence-electron chi connectivity index (χ4n) is 2.53. The Morgan fingerprint density at radius 2 is 2.00 bits per heavy atom. The van der Waals surface area contributed by atoms with Crippen molar-refractivity contribution in [2.45, 2.75) is 37.2 Å². The highest BCUT2D eigenvalue weighted by Crippen LogP contribution is 2.53. The van der Waals surface area contributed by atoms with E-state index in [1.807, 2.05) is 30.4 Å². The second kappa shape index (κ2) is 5.11. The molecule has 0 radical (unpaired) electrons. The number of aromatic nitrogens is 1. The maximum Gasteiger partial charge on any atom is 0.165 e. The third-order valence-electron chi connectivity index (χ3n) is 3.40. The van der Waals surface area contributed by atoms with Crippen LogP contribution in [0.25, 0.3) is 5.57 Å². The molecule has 94 valence electrons. The van der Waals surface area contributed by atoms with Gasteiger partial charge in [0.2, 0.25) is 0 Å². The fraction of sp³-hybridized carbons (Fsp3) is 0.615. The molecule has 0 aliphatic heterocycles. The van der Waals surface area contributed by atoms with Gasteiger partial charge in [0, 0.05) is 11.6 Å². The van der Waals surface area contributed by atoms with Crippen molar-refractivity contribution in [2.75, 3.05) is 12.5 Å². The topological polar surface area (TPSA) is 26.0 Å². The second-order valence-electron chi connectivity index (χ2n) is 4.50. The summed E-state index contributed by atoms with van der Waals surface area (Å²) in [6, 6.07) is 2.06. The molecule has 1 aromatic heterocycles. The molecule has 4 heteroatoms. The molecule has 0 atom stereocenters. The van der Waals surface area contributed by atoms with Crippen molar-refractivity contribution in [2.24, 2.45) is 0 Å². The van der Waals surface area contributed by atoms with Crippen molar-refractivity contribution in [3.63, 3.8) is 0 Å². The number of aryl methyl sites for hydroxylation is 1. The highest BCUT2D eigenvalue weighted by atomic mass is 32.2. The molecule has 2 rings (SSSR count). The van der Waals surface area contributed by atoms with Crippen LogP contribution in [0.4, 0.5) is 0 Å². The van der Waals surface area contributed by atoms with Crippen molar-refractivity contribution in [1.29, 1.82) is 0 Å². The van der Waals surface area contributed by atoms with Gasteiger partial charge in [-0.1, -0.05) is 10.7 Å². The average molecular weight is 269 g/mol. The predicted octanol–water partition coefficient (Wildman–Crippen LogP) is 4.36. The zero-order valence-corrected chi connectivity index (χ0v) is 12.5. The summed E-state index contributed by atoms with van der Waals surface area (Å²) in [4.78, 5) is 0. The molecule has 0 unspecified atom stereocenters. The van der Waals surface area contributed by atoms with Crippen LogP contribution < -0.4 is 0 Å². The van der Waals surface area contributed by atoms with E-state index in [0.717, 1.165) is 11.5 Å². The van der Waals surface area contributed by atoms with Crippen molar-refractivity contribution in [3.05, 3.63) is 23.1 Å². The Hall–Kier alpha value is -0.350. The van der Waals surface area contributed by atoms with Gasteiger partial charge in [-0.3, -0.25) is 0 Å². The lowest BCUT2D eigenvalue weighted by atomic mass is 9.90. The molecule has 0 bridgehead atoms. The van der Waals surface area contributed by atoms with Crippen LogP contribution in [0.15, 0.2) is 16.2 Å². The van der Waals surface area contributed by atoms with E-state index in [2.05, 4.69) is 30.7 Å². The van der Waals surface area contributed by atoms with Crippen molar-refractivity contribution >= 4 is 29.1 Å². The number of thioether (sulfide) groups is 2. The minimum Gasteiger partial charge on any atom is -0.356 e. The maximum absolute atomic E-state index is 5.50. The number of allylic oxidation sites excluding steroid dienone is 1. The highest BCUT2D eigenvalue weighted by Gasteiger charge is 2.38. The monoisotopic (exact) mass is 269 g/mol. The highest BCUT2D eigenvalue weighted by molar-refractivity contribution is 8.18. The predicted molar refractivity (Wildman–Crippen MR) is 77.4 cm³/mol. The number of nitrogens with zero attached hydrogens (tertiary/aromatic N) is 1. The first-order valence-corrected chi connectivity index (χ1v) is 8.32. The van der Waals surface area contributed by atoms with Gasteiger partial charge in [0.25, 0.3) is 0 Å². The Balaban J connectivity index is 2.51. The zero-order chi connectivity index (χ0) is 12.5. The molecule has 1 aromatic rings. The first-order chi connectivity index (χ1) is 8.13. The van der Waals surface area contributed by atoms with E-state index in [4.69, 9.17) is 4.52 Å². The molecule has 1 aliphatic rings. The summed E-state index contributed by atoms with van der Waals surface area (Å²) in [6.45, 7) is 4.21. The van der Waals surface area contributed by atoms with E-state index >= 15 is 0 Å². The molecule has 0 N–H and O–H groups in total. The maximum atomic E-state index is 5.50. The minimum atomic E-state index is 0.147. The summed E-state index contributed by atoms with van der Waals surface area (Å²) >= 11 is 3.85. The molecule has 17 heavy (non-hydrogen) atoms. The molecular formula is C13H19NOS2. The SMILES string of the molecule is CSC1(SC)CCCC(C)=C1c1cc(C)no1. The van der Waals surface area contributed by atoms with Crippen molar-refractivity contribution < 1.29 is 4.52 Å². The Morgan fingerprint density at radius 3 is 2.53 bits per heavy atom. The van der Waals surface area contributed by atoms with Crippen LogP contribution in [-0.4, -0.2) is 21.7 Å². The quantitative estimate of drug-likeness (QED) is 0.761.